The van der Waals surface area contributed by atoms with Crippen LogP contribution in [0.15, 0.2) is 24.3 Å². The summed E-state index contributed by atoms with van der Waals surface area (Å²) in [6, 6.07) is 8.72. The van der Waals surface area contributed by atoms with E-state index >= 15 is 0 Å². The van der Waals surface area contributed by atoms with Crippen molar-refractivity contribution < 1.29 is 9.90 Å². The third-order valence-electron chi connectivity index (χ3n) is 5.49. The van der Waals surface area contributed by atoms with Gasteiger partial charge in [0.15, 0.2) is 0 Å². The lowest BCUT2D eigenvalue weighted by molar-refractivity contribution is -0.138. The van der Waals surface area contributed by atoms with Gasteiger partial charge in [-0.15, -0.1) is 0 Å². The zero-order chi connectivity index (χ0) is 16.8. The lowest BCUT2D eigenvalue weighted by atomic mass is 9.96. The Hall–Kier alpha value is -1.35. The van der Waals surface area contributed by atoms with Gasteiger partial charge in [0, 0.05) is 12.5 Å². The molecule has 1 N–H and O–H groups in total. The van der Waals surface area contributed by atoms with Crippen LogP contribution in [0.1, 0.15) is 69.9 Å². The second-order valence-corrected chi connectivity index (χ2v) is 8.11. The molecule has 3 heteroatoms. The van der Waals surface area contributed by atoms with Crippen molar-refractivity contribution in [2.24, 2.45) is 5.92 Å². The Morgan fingerprint density at radius 2 is 1.91 bits per heavy atom. The summed E-state index contributed by atoms with van der Waals surface area (Å²) in [5.74, 6) is 1.26. The molecule has 1 aliphatic heterocycles. The van der Waals surface area contributed by atoms with Crippen molar-refractivity contribution in [3.8, 4) is 0 Å². The molecule has 2 fully saturated rings. The molecule has 3 unspecified atom stereocenters. The fourth-order valence-corrected chi connectivity index (χ4v) is 3.94. The number of carbonyl (C=O) groups is 1. The van der Waals surface area contributed by atoms with Crippen LogP contribution in [0.4, 0.5) is 0 Å². The van der Waals surface area contributed by atoms with Crippen molar-refractivity contribution >= 4 is 5.91 Å². The highest BCUT2D eigenvalue weighted by Gasteiger charge is 2.49. The second kappa shape index (κ2) is 5.94. The minimum Gasteiger partial charge on any atom is -0.388 e. The summed E-state index contributed by atoms with van der Waals surface area (Å²) in [5.41, 5.74) is 1.82. The molecule has 0 spiro atoms. The molecule has 1 amide bonds. The highest BCUT2D eigenvalue weighted by molar-refractivity contribution is 5.83. The van der Waals surface area contributed by atoms with E-state index in [0.717, 1.165) is 25.8 Å². The largest absolute Gasteiger partial charge is 0.388 e. The Labute approximate surface area is 139 Å². The van der Waals surface area contributed by atoms with Gasteiger partial charge in [0.25, 0.3) is 0 Å². The van der Waals surface area contributed by atoms with E-state index in [4.69, 9.17) is 0 Å². The molecule has 126 valence electrons. The minimum atomic E-state index is -0.810. The van der Waals surface area contributed by atoms with Gasteiger partial charge >= 0.3 is 0 Å². The van der Waals surface area contributed by atoms with Crippen LogP contribution in [0.5, 0.6) is 0 Å². The lowest BCUT2D eigenvalue weighted by Gasteiger charge is -2.34. The molecule has 1 aromatic carbocycles. The molecule has 1 saturated carbocycles. The number of likely N-dealkylation sites (tertiary alicyclic amines) is 1. The highest BCUT2D eigenvalue weighted by atomic mass is 16.3. The number of rotatable bonds is 4. The number of hydrogen-bond donors (Lipinski definition) is 1. The summed E-state index contributed by atoms with van der Waals surface area (Å²) in [6.45, 7) is 8.82. The summed E-state index contributed by atoms with van der Waals surface area (Å²) in [6.07, 6.45) is 2.87. The van der Waals surface area contributed by atoms with Gasteiger partial charge in [-0.1, -0.05) is 38.1 Å². The van der Waals surface area contributed by atoms with E-state index in [0.29, 0.717) is 11.8 Å². The molecule has 0 aromatic heterocycles. The SMILES string of the molecule is CC(C)c1ccc(C2CC2C(=O)N2CCCC2C(C)(C)O)cc1. The number of nitrogens with zero attached hydrogens (tertiary/aromatic N) is 1. The smallest absolute Gasteiger partial charge is 0.226 e. The predicted molar refractivity (Wildman–Crippen MR) is 92.4 cm³/mol. The predicted octanol–water partition coefficient (Wildman–Crippen LogP) is 3.68. The summed E-state index contributed by atoms with van der Waals surface area (Å²) in [5, 5.41) is 10.3. The van der Waals surface area contributed by atoms with Crippen LogP contribution in [-0.4, -0.2) is 34.1 Å². The Bertz CT molecular complexity index is 570. The Kier molecular flexibility index (Phi) is 4.26. The first-order chi connectivity index (χ1) is 10.8. The molecule has 3 rings (SSSR count). The number of carbonyl (C=O) groups excluding carboxylic acids is 1. The molecule has 1 aliphatic carbocycles. The molecule has 3 atom stereocenters. The molecule has 1 heterocycles. The molecule has 0 bridgehead atoms. The van der Waals surface area contributed by atoms with E-state index in [1.54, 1.807) is 0 Å². The van der Waals surface area contributed by atoms with Gasteiger partial charge in [-0.25, -0.2) is 0 Å². The monoisotopic (exact) mass is 315 g/mol. The van der Waals surface area contributed by atoms with Gasteiger partial charge in [-0.3, -0.25) is 4.79 Å². The standard InChI is InChI=1S/C20H29NO2/c1-13(2)14-7-9-15(10-8-14)16-12-17(16)19(22)21-11-5-6-18(21)20(3,4)23/h7-10,13,16-18,23H,5-6,11-12H2,1-4H3. The Balaban J connectivity index is 1.67. The van der Waals surface area contributed by atoms with E-state index in [-0.39, 0.29) is 17.9 Å². The van der Waals surface area contributed by atoms with Crippen LogP contribution in [0.2, 0.25) is 0 Å². The Morgan fingerprint density at radius 1 is 1.26 bits per heavy atom. The quantitative estimate of drug-likeness (QED) is 0.921. The maximum absolute atomic E-state index is 12.8. The minimum absolute atomic E-state index is 0.0282. The molecule has 23 heavy (non-hydrogen) atoms. The zero-order valence-electron chi connectivity index (χ0n) is 14.7. The maximum Gasteiger partial charge on any atom is 0.226 e. The number of benzene rings is 1. The van der Waals surface area contributed by atoms with Gasteiger partial charge < -0.3 is 10.0 Å². The maximum atomic E-state index is 12.8. The van der Waals surface area contributed by atoms with Crippen LogP contribution < -0.4 is 0 Å². The molecular weight excluding hydrogens is 286 g/mol. The van der Waals surface area contributed by atoms with Crippen LogP contribution in [-0.2, 0) is 4.79 Å². The average Bonchev–Trinajstić information content (AvgIpc) is 3.12. The first-order valence-electron chi connectivity index (χ1n) is 8.91. The van der Waals surface area contributed by atoms with Crippen molar-refractivity contribution in [2.45, 2.75) is 70.4 Å². The van der Waals surface area contributed by atoms with Gasteiger partial charge in [-0.05, 0) is 56.1 Å². The zero-order valence-corrected chi connectivity index (χ0v) is 14.7. The van der Waals surface area contributed by atoms with E-state index in [2.05, 4.69) is 38.1 Å². The van der Waals surface area contributed by atoms with Crippen LogP contribution >= 0.6 is 0 Å². The molecule has 1 saturated heterocycles. The molecule has 1 aromatic rings. The van der Waals surface area contributed by atoms with Gasteiger partial charge in [-0.2, -0.15) is 0 Å². The molecule has 3 nitrogen and oxygen atoms in total. The first kappa shape index (κ1) is 16.5. The summed E-state index contributed by atoms with van der Waals surface area (Å²) < 4.78 is 0. The third-order valence-corrected chi connectivity index (χ3v) is 5.49. The Morgan fingerprint density at radius 3 is 2.48 bits per heavy atom. The van der Waals surface area contributed by atoms with Crippen LogP contribution in [0.3, 0.4) is 0 Å². The second-order valence-electron chi connectivity index (χ2n) is 8.11. The number of aliphatic hydroxyl groups is 1. The number of hydrogen-bond acceptors (Lipinski definition) is 2. The van der Waals surface area contributed by atoms with E-state index in [1.165, 1.54) is 11.1 Å². The van der Waals surface area contributed by atoms with Gasteiger partial charge in [0.1, 0.15) is 0 Å². The fourth-order valence-electron chi connectivity index (χ4n) is 3.94. The van der Waals surface area contributed by atoms with Crippen molar-refractivity contribution in [2.75, 3.05) is 6.54 Å². The lowest BCUT2D eigenvalue weighted by Crippen LogP contribution is -2.48. The van der Waals surface area contributed by atoms with Gasteiger partial charge in [0.05, 0.1) is 11.6 Å². The normalized spacial score (nSPS) is 27.6. The van der Waals surface area contributed by atoms with Crippen molar-refractivity contribution in [1.82, 2.24) is 4.90 Å². The molecular formula is C20H29NO2. The van der Waals surface area contributed by atoms with E-state index < -0.39 is 5.60 Å². The van der Waals surface area contributed by atoms with Crippen LogP contribution in [0.25, 0.3) is 0 Å². The summed E-state index contributed by atoms with van der Waals surface area (Å²) >= 11 is 0. The average molecular weight is 315 g/mol. The van der Waals surface area contributed by atoms with Crippen molar-refractivity contribution in [1.29, 1.82) is 0 Å². The third kappa shape index (κ3) is 3.30. The van der Waals surface area contributed by atoms with E-state index in [1.807, 2.05) is 18.7 Å². The van der Waals surface area contributed by atoms with E-state index in [9.17, 15) is 9.90 Å². The fraction of sp³-hybridized carbons (Fsp3) is 0.650. The van der Waals surface area contributed by atoms with Crippen LogP contribution in [0, 0.1) is 5.92 Å². The van der Waals surface area contributed by atoms with Gasteiger partial charge in [0.2, 0.25) is 5.91 Å². The summed E-state index contributed by atoms with van der Waals surface area (Å²) in [7, 11) is 0. The number of amides is 1. The first-order valence-corrected chi connectivity index (χ1v) is 8.91. The topological polar surface area (TPSA) is 40.5 Å². The summed E-state index contributed by atoms with van der Waals surface area (Å²) in [4.78, 5) is 14.8. The van der Waals surface area contributed by atoms with Crippen molar-refractivity contribution in [3.63, 3.8) is 0 Å². The molecule has 0 radical (unpaired) electrons. The van der Waals surface area contributed by atoms with Crippen molar-refractivity contribution in [3.05, 3.63) is 35.4 Å². The molecule has 2 aliphatic rings. The highest BCUT2D eigenvalue weighted by Crippen LogP contribution is 2.49.